The number of hydrogen-bond acceptors (Lipinski definition) is 6. The fraction of sp³-hybridized carbons (Fsp3) is 0.296. The number of benzene rings is 6. The zero-order valence-corrected chi connectivity index (χ0v) is 36.6. The molecule has 0 radical (unpaired) electrons. The average Bonchev–Trinajstić information content (AvgIpc) is 3.25. The highest BCUT2D eigenvalue weighted by molar-refractivity contribution is 5.93. The van der Waals surface area contributed by atoms with Crippen LogP contribution in [0.15, 0.2) is 146 Å². The molecule has 0 heterocycles. The second-order valence-corrected chi connectivity index (χ2v) is 16.7. The smallest absolute Gasteiger partial charge is 0.338 e. The second kappa shape index (κ2) is 19.3. The standard InChI is InChI=1S/C54H60N2O4/c1-9-35-53(5,6)43-23-31-47(32-24-43)55(49-17-13-15-41(37-49)51(57)59-11-3)45-27-19-39(20-28-45)40-21-29-46(30-22-40)56(50-18-14-16-42(38-50)52(58)60-12-4)48-33-25-44(26-34-48)54(7,8)36-10-2/h13-34,37-38H,9-12,35-36H2,1-8H3. The highest BCUT2D eigenvalue weighted by Crippen LogP contribution is 2.40. The highest BCUT2D eigenvalue weighted by Gasteiger charge is 2.23. The van der Waals surface area contributed by atoms with E-state index in [9.17, 15) is 9.59 Å². The van der Waals surface area contributed by atoms with Crippen LogP contribution in [-0.4, -0.2) is 25.2 Å². The molecule has 0 saturated heterocycles. The van der Waals surface area contributed by atoms with Gasteiger partial charge < -0.3 is 19.3 Å². The van der Waals surface area contributed by atoms with Crippen molar-refractivity contribution in [2.24, 2.45) is 0 Å². The molecule has 60 heavy (non-hydrogen) atoms. The third-order valence-corrected chi connectivity index (χ3v) is 11.4. The van der Waals surface area contributed by atoms with Crippen LogP contribution in [-0.2, 0) is 20.3 Å². The Bertz CT molecular complexity index is 2180. The van der Waals surface area contributed by atoms with Crippen molar-refractivity contribution in [1.82, 2.24) is 0 Å². The molecule has 6 aromatic rings. The molecule has 0 N–H and O–H groups in total. The van der Waals surface area contributed by atoms with Crippen LogP contribution in [0.5, 0.6) is 0 Å². The van der Waals surface area contributed by atoms with Crippen LogP contribution < -0.4 is 9.80 Å². The maximum atomic E-state index is 12.8. The van der Waals surface area contributed by atoms with Gasteiger partial charge in [0.15, 0.2) is 0 Å². The number of carbonyl (C=O) groups is 2. The van der Waals surface area contributed by atoms with Crippen LogP contribution in [0.4, 0.5) is 34.1 Å². The van der Waals surface area contributed by atoms with Crippen LogP contribution in [0.3, 0.4) is 0 Å². The van der Waals surface area contributed by atoms with Gasteiger partial charge in [-0.25, -0.2) is 9.59 Å². The monoisotopic (exact) mass is 800 g/mol. The molecule has 6 aromatic carbocycles. The molecule has 6 nitrogen and oxygen atoms in total. The number of anilines is 6. The molecular formula is C54H60N2O4. The van der Waals surface area contributed by atoms with Crippen molar-refractivity contribution >= 4 is 46.1 Å². The molecule has 0 bridgehead atoms. The lowest BCUT2D eigenvalue weighted by Gasteiger charge is -2.29. The third-order valence-electron chi connectivity index (χ3n) is 11.4. The van der Waals surface area contributed by atoms with Gasteiger partial charge in [0.1, 0.15) is 0 Å². The summed E-state index contributed by atoms with van der Waals surface area (Å²) in [4.78, 5) is 30.0. The normalized spacial score (nSPS) is 11.5. The predicted octanol–water partition coefficient (Wildman–Crippen LogP) is 14.8. The Morgan fingerprint density at radius 1 is 0.433 bits per heavy atom. The Hall–Kier alpha value is -6.14. The number of ether oxygens (including phenoxy) is 2. The van der Waals surface area contributed by atoms with Gasteiger partial charge in [0, 0.05) is 34.1 Å². The van der Waals surface area contributed by atoms with E-state index in [4.69, 9.17) is 9.47 Å². The van der Waals surface area contributed by atoms with Gasteiger partial charge in [-0.2, -0.15) is 0 Å². The van der Waals surface area contributed by atoms with Gasteiger partial charge in [-0.15, -0.1) is 0 Å². The lowest BCUT2D eigenvalue weighted by atomic mass is 9.81. The van der Waals surface area contributed by atoms with Crippen molar-refractivity contribution < 1.29 is 19.1 Å². The maximum Gasteiger partial charge on any atom is 0.338 e. The Labute approximate surface area is 357 Å². The first-order valence-corrected chi connectivity index (χ1v) is 21.4. The van der Waals surface area contributed by atoms with Gasteiger partial charge in [0.05, 0.1) is 24.3 Å². The van der Waals surface area contributed by atoms with Crippen molar-refractivity contribution in [3.63, 3.8) is 0 Å². The van der Waals surface area contributed by atoms with E-state index in [2.05, 4.69) is 148 Å². The summed E-state index contributed by atoms with van der Waals surface area (Å²) in [7, 11) is 0. The number of nitrogens with zero attached hydrogens (tertiary/aromatic N) is 2. The van der Waals surface area contributed by atoms with Gasteiger partial charge >= 0.3 is 11.9 Å². The van der Waals surface area contributed by atoms with E-state index < -0.39 is 0 Å². The minimum atomic E-state index is -0.340. The molecular weight excluding hydrogens is 741 g/mol. The van der Waals surface area contributed by atoms with Crippen LogP contribution in [0.1, 0.15) is 113 Å². The van der Waals surface area contributed by atoms with Crippen LogP contribution in [0.2, 0.25) is 0 Å². The number of esters is 2. The summed E-state index contributed by atoms with van der Waals surface area (Å²) in [5.74, 6) is -0.680. The molecule has 0 unspecified atom stereocenters. The molecule has 0 saturated carbocycles. The SMILES string of the molecule is CCCC(C)(C)c1ccc(N(c2ccc(-c3ccc(N(c4ccc(C(C)(C)CCC)cc4)c4cccc(C(=O)OCC)c4)cc3)cc2)c2cccc(C(=O)OCC)c2)cc1. The van der Waals surface area contributed by atoms with Crippen molar-refractivity contribution in [2.75, 3.05) is 23.0 Å². The third kappa shape index (κ3) is 9.99. The van der Waals surface area contributed by atoms with Crippen LogP contribution in [0, 0.1) is 0 Å². The Morgan fingerprint density at radius 2 is 0.750 bits per heavy atom. The molecule has 6 rings (SSSR count). The number of carbonyl (C=O) groups excluding carboxylic acids is 2. The Kier molecular flexibility index (Phi) is 14.0. The molecule has 0 spiro atoms. The molecule has 0 aliphatic rings. The first-order chi connectivity index (χ1) is 28.9. The van der Waals surface area contributed by atoms with Crippen LogP contribution >= 0.6 is 0 Å². The molecule has 0 aromatic heterocycles. The van der Waals surface area contributed by atoms with E-state index >= 15 is 0 Å². The first kappa shape index (κ1) is 43.4. The van der Waals surface area contributed by atoms with Crippen molar-refractivity contribution in [1.29, 1.82) is 0 Å². The van der Waals surface area contributed by atoms with Gasteiger partial charge in [-0.1, -0.05) is 115 Å². The zero-order chi connectivity index (χ0) is 42.9. The van der Waals surface area contributed by atoms with Crippen molar-refractivity contribution in [2.45, 2.75) is 91.9 Å². The second-order valence-electron chi connectivity index (χ2n) is 16.7. The van der Waals surface area contributed by atoms with Gasteiger partial charge in [-0.3, -0.25) is 0 Å². The molecule has 0 atom stereocenters. The summed E-state index contributed by atoms with van der Waals surface area (Å²) in [5.41, 5.74) is 11.6. The summed E-state index contributed by atoms with van der Waals surface area (Å²) in [6.07, 6.45) is 4.44. The van der Waals surface area contributed by atoms with Gasteiger partial charge in [0.25, 0.3) is 0 Å². The van der Waals surface area contributed by atoms with E-state index in [1.54, 1.807) is 12.1 Å². The predicted molar refractivity (Wildman–Crippen MR) is 249 cm³/mol. The molecule has 310 valence electrons. The molecule has 6 heteroatoms. The van der Waals surface area contributed by atoms with E-state index in [1.165, 1.54) is 11.1 Å². The van der Waals surface area contributed by atoms with E-state index in [1.807, 2.05) is 50.2 Å². The Morgan fingerprint density at radius 3 is 1.05 bits per heavy atom. The summed E-state index contributed by atoms with van der Waals surface area (Å²) in [5, 5.41) is 0. The molecule has 0 fully saturated rings. The van der Waals surface area contributed by atoms with E-state index in [-0.39, 0.29) is 22.8 Å². The average molecular weight is 801 g/mol. The lowest BCUT2D eigenvalue weighted by Crippen LogP contribution is -2.17. The summed E-state index contributed by atoms with van der Waals surface area (Å²) in [6.45, 7) is 17.9. The molecule has 0 aliphatic heterocycles. The largest absolute Gasteiger partial charge is 0.462 e. The Balaban J connectivity index is 1.35. The summed E-state index contributed by atoms with van der Waals surface area (Å²) < 4.78 is 10.7. The number of hydrogen-bond donors (Lipinski definition) is 0. The quantitative estimate of drug-likeness (QED) is 0.0856. The van der Waals surface area contributed by atoms with Gasteiger partial charge in [0.2, 0.25) is 0 Å². The first-order valence-electron chi connectivity index (χ1n) is 21.4. The maximum absolute atomic E-state index is 12.8. The van der Waals surface area contributed by atoms with E-state index in [0.29, 0.717) is 24.3 Å². The van der Waals surface area contributed by atoms with Gasteiger partial charge in [-0.05, 0) is 145 Å². The highest BCUT2D eigenvalue weighted by atomic mass is 16.5. The topological polar surface area (TPSA) is 59.1 Å². The molecule has 0 amide bonds. The fourth-order valence-corrected chi connectivity index (χ4v) is 8.14. The number of rotatable bonds is 17. The molecule has 0 aliphatic carbocycles. The van der Waals surface area contributed by atoms with Crippen LogP contribution in [0.25, 0.3) is 11.1 Å². The zero-order valence-electron chi connectivity index (χ0n) is 36.6. The summed E-state index contributed by atoms with van der Waals surface area (Å²) >= 11 is 0. The lowest BCUT2D eigenvalue weighted by molar-refractivity contribution is 0.0517. The fourth-order valence-electron chi connectivity index (χ4n) is 8.14. The minimum absolute atomic E-state index is 0.0684. The van der Waals surface area contributed by atoms with Crippen molar-refractivity contribution in [3.8, 4) is 11.1 Å². The summed E-state index contributed by atoms with van der Waals surface area (Å²) in [6, 6.07) is 49.9. The minimum Gasteiger partial charge on any atom is -0.462 e. The van der Waals surface area contributed by atoms with E-state index in [0.717, 1.165) is 70.9 Å². The van der Waals surface area contributed by atoms with Crippen molar-refractivity contribution in [3.05, 3.63) is 168 Å².